The lowest BCUT2D eigenvalue weighted by atomic mass is 9.83. The van der Waals surface area contributed by atoms with Crippen molar-refractivity contribution in [1.82, 2.24) is 9.88 Å². The number of rotatable bonds is 8. The summed E-state index contributed by atoms with van der Waals surface area (Å²) in [7, 11) is -1.27. The number of nitrogens with zero attached hydrogens (tertiary/aromatic N) is 2. The molecule has 11 heteroatoms. The summed E-state index contributed by atoms with van der Waals surface area (Å²) in [5.74, 6) is 0.680. The maximum absolute atomic E-state index is 13.9. The van der Waals surface area contributed by atoms with Crippen molar-refractivity contribution >= 4 is 27.3 Å². The molecular formula is C32H38N4O6S. The monoisotopic (exact) mass is 606 g/mol. The number of methoxy groups -OCH3 is 2. The van der Waals surface area contributed by atoms with Gasteiger partial charge in [0, 0.05) is 55.0 Å². The number of piperidine rings is 1. The lowest BCUT2D eigenvalue weighted by Crippen LogP contribution is -2.47. The fourth-order valence-corrected chi connectivity index (χ4v) is 8.09. The molecule has 0 spiro atoms. The van der Waals surface area contributed by atoms with E-state index in [4.69, 9.17) is 9.47 Å². The van der Waals surface area contributed by atoms with Gasteiger partial charge in [-0.2, -0.15) is 0 Å². The highest BCUT2D eigenvalue weighted by molar-refractivity contribution is 7.92. The van der Waals surface area contributed by atoms with Crippen molar-refractivity contribution in [3.63, 3.8) is 0 Å². The Kier molecular flexibility index (Phi) is 8.09. The van der Waals surface area contributed by atoms with Crippen LogP contribution in [0.5, 0.6) is 11.5 Å². The van der Waals surface area contributed by atoms with Crippen LogP contribution in [0.1, 0.15) is 60.5 Å². The number of carbonyl (C=O) groups excluding carboxylic acids is 1. The SMILES string of the molecule is COc1ccc(OC)c(S(=O)(=O)Nc2cc(C(=O)NC3CCCCC3)ccc2N2C[C@H]3C[C@@H](C2)c2cccc(=O)n2C3)c1. The molecule has 1 aromatic heterocycles. The third-order valence-electron chi connectivity index (χ3n) is 8.92. The summed E-state index contributed by atoms with van der Waals surface area (Å²) in [4.78, 5) is 28.0. The van der Waals surface area contributed by atoms with Crippen molar-refractivity contribution < 1.29 is 22.7 Å². The molecule has 228 valence electrons. The topological polar surface area (TPSA) is 119 Å². The number of anilines is 2. The molecule has 10 nitrogen and oxygen atoms in total. The molecule has 1 saturated carbocycles. The first-order valence-corrected chi connectivity index (χ1v) is 16.4. The fourth-order valence-electron chi connectivity index (χ4n) is 6.84. The number of pyridine rings is 1. The maximum Gasteiger partial charge on any atom is 0.265 e. The van der Waals surface area contributed by atoms with Crippen LogP contribution in [0.2, 0.25) is 0 Å². The molecule has 2 fully saturated rings. The summed E-state index contributed by atoms with van der Waals surface area (Å²) in [5, 5.41) is 3.14. The molecule has 1 amide bonds. The Morgan fingerprint density at radius 3 is 2.51 bits per heavy atom. The highest BCUT2D eigenvalue weighted by Gasteiger charge is 2.36. The molecule has 3 aromatic rings. The van der Waals surface area contributed by atoms with E-state index in [1.807, 2.05) is 16.7 Å². The van der Waals surface area contributed by atoms with Crippen molar-refractivity contribution in [1.29, 1.82) is 0 Å². The number of amides is 1. The fraction of sp³-hybridized carbons (Fsp3) is 0.438. The highest BCUT2D eigenvalue weighted by atomic mass is 32.2. The van der Waals surface area contributed by atoms with Gasteiger partial charge < -0.3 is 24.3 Å². The van der Waals surface area contributed by atoms with Gasteiger partial charge in [-0.15, -0.1) is 0 Å². The van der Waals surface area contributed by atoms with Crippen LogP contribution in [0.15, 0.2) is 64.3 Å². The molecule has 1 aliphatic carbocycles. The van der Waals surface area contributed by atoms with Crippen LogP contribution in [0.4, 0.5) is 11.4 Å². The first kappa shape index (κ1) is 29.1. The van der Waals surface area contributed by atoms with E-state index in [0.717, 1.165) is 37.8 Å². The molecule has 3 heterocycles. The number of nitrogens with one attached hydrogen (secondary N) is 2. The third kappa shape index (κ3) is 5.95. The quantitative estimate of drug-likeness (QED) is 0.391. The van der Waals surface area contributed by atoms with Gasteiger partial charge in [0.1, 0.15) is 16.4 Å². The van der Waals surface area contributed by atoms with Gasteiger partial charge in [0.05, 0.1) is 25.6 Å². The van der Waals surface area contributed by atoms with Gasteiger partial charge in [-0.25, -0.2) is 8.42 Å². The Balaban J connectivity index is 1.36. The number of ether oxygens (including phenoxy) is 2. The van der Waals surface area contributed by atoms with Crippen LogP contribution in [0.25, 0.3) is 0 Å². The molecule has 3 aliphatic rings. The molecule has 0 unspecified atom stereocenters. The van der Waals surface area contributed by atoms with E-state index in [2.05, 4.69) is 14.9 Å². The largest absolute Gasteiger partial charge is 0.497 e. The predicted octanol–water partition coefficient (Wildman–Crippen LogP) is 4.35. The normalized spacial score (nSPS) is 20.2. The lowest BCUT2D eigenvalue weighted by Gasteiger charge is -2.44. The predicted molar refractivity (Wildman–Crippen MR) is 165 cm³/mol. The number of sulfonamides is 1. The average Bonchev–Trinajstić information content (AvgIpc) is 3.01. The number of hydrogen-bond acceptors (Lipinski definition) is 7. The number of carbonyl (C=O) groups is 1. The van der Waals surface area contributed by atoms with Crippen molar-refractivity contribution in [3.8, 4) is 11.5 Å². The summed E-state index contributed by atoms with van der Waals surface area (Å²) in [6.07, 6.45) is 6.20. The van der Waals surface area contributed by atoms with E-state index in [-0.39, 0.29) is 40.0 Å². The average molecular weight is 607 g/mol. The minimum Gasteiger partial charge on any atom is -0.497 e. The Hall–Kier alpha value is -3.99. The van der Waals surface area contributed by atoms with E-state index in [1.54, 1.807) is 36.4 Å². The molecule has 0 radical (unpaired) electrons. The second kappa shape index (κ2) is 11.9. The van der Waals surface area contributed by atoms with Crippen molar-refractivity contribution in [2.45, 2.75) is 61.9 Å². The zero-order chi connectivity index (χ0) is 30.1. The Bertz CT molecular complexity index is 1680. The van der Waals surface area contributed by atoms with Crippen LogP contribution in [-0.2, 0) is 16.6 Å². The Morgan fingerprint density at radius 2 is 1.74 bits per heavy atom. The first-order chi connectivity index (χ1) is 20.8. The Labute approximate surface area is 252 Å². The van der Waals surface area contributed by atoms with Gasteiger partial charge in [0.15, 0.2) is 0 Å². The van der Waals surface area contributed by atoms with Gasteiger partial charge in [-0.05, 0) is 61.6 Å². The van der Waals surface area contributed by atoms with E-state index < -0.39 is 10.0 Å². The number of hydrogen-bond donors (Lipinski definition) is 2. The molecule has 2 bridgehead atoms. The van der Waals surface area contributed by atoms with Gasteiger partial charge >= 0.3 is 0 Å². The van der Waals surface area contributed by atoms with Crippen LogP contribution in [0.3, 0.4) is 0 Å². The Morgan fingerprint density at radius 1 is 0.930 bits per heavy atom. The van der Waals surface area contributed by atoms with Gasteiger partial charge in [-0.3, -0.25) is 14.3 Å². The summed E-state index contributed by atoms with van der Waals surface area (Å²) in [6.45, 7) is 1.89. The smallest absolute Gasteiger partial charge is 0.265 e. The molecule has 1 saturated heterocycles. The summed E-state index contributed by atoms with van der Waals surface area (Å²) in [5.41, 5.74) is 2.39. The zero-order valence-electron chi connectivity index (χ0n) is 24.5. The molecule has 43 heavy (non-hydrogen) atoms. The van der Waals surface area contributed by atoms with Crippen LogP contribution < -0.4 is 30.0 Å². The molecule has 2 aliphatic heterocycles. The summed E-state index contributed by atoms with van der Waals surface area (Å²) >= 11 is 0. The second-order valence-electron chi connectivity index (χ2n) is 11.8. The van der Waals surface area contributed by atoms with Crippen LogP contribution >= 0.6 is 0 Å². The van der Waals surface area contributed by atoms with Gasteiger partial charge in [0.25, 0.3) is 21.5 Å². The molecule has 6 rings (SSSR count). The van der Waals surface area contributed by atoms with E-state index in [0.29, 0.717) is 42.3 Å². The minimum absolute atomic E-state index is 0.00895. The van der Waals surface area contributed by atoms with Crippen molar-refractivity contribution in [2.24, 2.45) is 5.92 Å². The standard InChI is InChI=1S/C32H38N4O6S/c1-41-25-12-14-29(42-2)30(17-25)43(39,40)34-26-16-22(32(38)33-24-7-4-3-5-8-24)11-13-28(26)35-18-21-15-23(20-35)27-9-6-10-31(37)36(27)19-21/h6,9-14,16-17,21,23-24,34H,3-5,7-8,15,18-20H2,1-2H3,(H,33,38)/t21-,23+/m1/s1. The van der Waals surface area contributed by atoms with Crippen LogP contribution in [0, 0.1) is 5.92 Å². The van der Waals surface area contributed by atoms with E-state index in [1.165, 1.54) is 26.7 Å². The lowest BCUT2D eigenvalue weighted by molar-refractivity contribution is 0.0927. The van der Waals surface area contributed by atoms with Crippen LogP contribution in [-0.4, -0.2) is 52.2 Å². The van der Waals surface area contributed by atoms with Gasteiger partial charge in [0.2, 0.25) is 0 Å². The first-order valence-electron chi connectivity index (χ1n) is 14.9. The highest BCUT2D eigenvalue weighted by Crippen LogP contribution is 2.40. The summed E-state index contributed by atoms with van der Waals surface area (Å²) in [6, 6.07) is 15.3. The number of benzene rings is 2. The third-order valence-corrected chi connectivity index (χ3v) is 10.3. The van der Waals surface area contributed by atoms with Crippen molar-refractivity contribution in [3.05, 3.63) is 76.2 Å². The number of aromatic nitrogens is 1. The van der Waals surface area contributed by atoms with Gasteiger partial charge in [-0.1, -0.05) is 25.3 Å². The molecule has 2 N–H and O–H groups in total. The number of fused-ring (bicyclic) bond motifs is 4. The van der Waals surface area contributed by atoms with E-state index in [9.17, 15) is 18.0 Å². The minimum atomic E-state index is -4.15. The van der Waals surface area contributed by atoms with Crippen molar-refractivity contribution in [2.75, 3.05) is 36.9 Å². The maximum atomic E-state index is 13.9. The van der Waals surface area contributed by atoms with E-state index >= 15 is 0 Å². The summed E-state index contributed by atoms with van der Waals surface area (Å²) < 4.78 is 43.1. The molecule has 2 aromatic carbocycles. The molecular weight excluding hydrogens is 568 g/mol. The zero-order valence-corrected chi connectivity index (χ0v) is 25.4. The second-order valence-corrected chi connectivity index (χ2v) is 13.4. The molecule has 2 atom stereocenters.